The second kappa shape index (κ2) is 17.9. The number of hydrogen-bond acceptors (Lipinski definition) is 16. The monoisotopic (exact) mass is 879 g/mol. The first-order valence-electron chi connectivity index (χ1n) is 23.3. The van der Waals surface area contributed by atoms with Gasteiger partial charge in [-0.05, 0) is 77.6 Å². The van der Waals surface area contributed by atoms with E-state index in [9.17, 15) is 19.8 Å². The van der Waals surface area contributed by atoms with Gasteiger partial charge in [0.05, 0.1) is 36.6 Å². The normalized spacial score (nSPS) is 45.8. The Morgan fingerprint density at radius 1 is 0.790 bits per heavy atom. The van der Waals surface area contributed by atoms with E-state index in [1.807, 2.05) is 74.5 Å². The number of allylic oxidation sites excluding steroid dienone is 1. The van der Waals surface area contributed by atoms with Gasteiger partial charge in [0.2, 0.25) is 0 Å². The molecule has 6 saturated heterocycles. The molecule has 6 fully saturated rings. The Labute approximate surface area is 366 Å². The van der Waals surface area contributed by atoms with Crippen molar-refractivity contribution < 1.29 is 71.6 Å². The molecular formula is C45H73BNO15-. The summed E-state index contributed by atoms with van der Waals surface area (Å²) in [5.74, 6) is -7.31. The smallest absolute Gasteiger partial charge is 0.504 e. The Bertz CT molecular complexity index is 1680. The molecule has 0 radical (unpaired) electrons. The van der Waals surface area contributed by atoms with Crippen molar-refractivity contribution in [3.8, 4) is 0 Å². The number of ether oxygens (including phenoxy) is 6. The molecule has 9 bridgehead atoms. The maximum absolute atomic E-state index is 15.0. The molecule has 4 N–H and O–H groups in total. The molecule has 0 aliphatic carbocycles. The zero-order valence-electron chi connectivity index (χ0n) is 38.4. The summed E-state index contributed by atoms with van der Waals surface area (Å²) in [5.41, 5.74) is 4.48. The van der Waals surface area contributed by atoms with E-state index in [2.05, 4.69) is 0 Å². The number of cyclic esters (lactones) is 1. The van der Waals surface area contributed by atoms with Gasteiger partial charge in [0.1, 0.15) is 24.4 Å². The predicted molar refractivity (Wildman–Crippen MR) is 223 cm³/mol. The number of nitrogens with two attached hydrogens (primary N) is 1. The molecule has 62 heavy (non-hydrogen) atoms. The molecule has 0 amide bonds. The van der Waals surface area contributed by atoms with Gasteiger partial charge in [-0.25, -0.2) is 9.59 Å². The highest BCUT2D eigenvalue weighted by molar-refractivity contribution is 6.56. The molecule has 16 nitrogen and oxygen atoms in total. The third-order valence-corrected chi connectivity index (χ3v) is 15.5. The lowest BCUT2D eigenvalue weighted by molar-refractivity contribution is -0.311. The molecular weight excluding hydrogens is 805 g/mol. The highest BCUT2D eigenvalue weighted by atomic mass is 17.0. The number of rotatable bonds is 4. The van der Waals surface area contributed by atoms with E-state index in [0.29, 0.717) is 64.2 Å². The molecule has 3 unspecified atom stereocenters. The van der Waals surface area contributed by atoms with Crippen molar-refractivity contribution in [3.63, 3.8) is 0 Å². The van der Waals surface area contributed by atoms with Crippen molar-refractivity contribution in [1.29, 1.82) is 0 Å². The minimum Gasteiger partial charge on any atom is -0.504 e. The summed E-state index contributed by atoms with van der Waals surface area (Å²) < 4.78 is 66.0. The van der Waals surface area contributed by atoms with Crippen molar-refractivity contribution in [2.45, 2.75) is 225 Å². The molecule has 7 rings (SSSR count). The van der Waals surface area contributed by atoms with Crippen LogP contribution in [-0.2, 0) is 61.4 Å². The maximum Gasteiger partial charge on any atom is 0.536 e. The van der Waals surface area contributed by atoms with Gasteiger partial charge in [0.15, 0.2) is 23.8 Å². The van der Waals surface area contributed by atoms with Crippen LogP contribution in [0.4, 0.5) is 0 Å². The molecule has 17 heteroatoms. The first-order chi connectivity index (χ1) is 29.0. The van der Waals surface area contributed by atoms with E-state index in [4.69, 9.17) is 52.8 Å². The Balaban J connectivity index is 1.36. The first-order valence-corrected chi connectivity index (χ1v) is 23.3. The van der Waals surface area contributed by atoms with Crippen LogP contribution in [0.1, 0.15) is 140 Å². The maximum atomic E-state index is 15.0. The number of aliphatic hydroxyl groups excluding tert-OH is 2. The lowest BCUT2D eigenvalue weighted by Crippen LogP contribution is -2.61. The highest BCUT2D eigenvalue weighted by Crippen LogP contribution is 2.57. The Morgan fingerprint density at radius 2 is 1.34 bits per heavy atom. The van der Waals surface area contributed by atoms with Gasteiger partial charge in [-0.15, -0.1) is 0 Å². The summed E-state index contributed by atoms with van der Waals surface area (Å²) in [6, 6.07) is -0.902. The number of carbonyl (C=O) groups is 3. The van der Waals surface area contributed by atoms with Crippen molar-refractivity contribution in [2.24, 2.45) is 34.3 Å². The van der Waals surface area contributed by atoms with E-state index in [0.717, 1.165) is 0 Å². The van der Waals surface area contributed by atoms with Gasteiger partial charge in [0.25, 0.3) is 0 Å². The average molecular weight is 879 g/mol. The molecule has 7 heterocycles. The van der Waals surface area contributed by atoms with Gasteiger partial charge < -0.3 is 63.0 Å². The summed E-state index contributed by atoms with van der Waals surface area (Å²) in [6.07, 6.45) is -0.362. The van der Waals surface area contributed by atoms with Crippen LogP contribution in [0.15, 0.2) is 12.2 Å². The van der Waals surface area contributed by atoms with E-state index in [1.165, 1.54) is 0 Å². The zero-order valence-corrected chi connectivity index (χ0v) is 38.4. The minimum atomic E-state index is -3.53. The standard InChI is InChI=1S/C45H73BNO15/c1-24(2)36(47)39(50)54-27(5)30-16-12-11-13-17-32(48)42(7,8)34-21-19-26(4)45(57-34)38-41(52)56-31-23-29(53-28(31)6)15-14-18-33(49)43(9,10)35-22-20-25(3)44(58-35)37(40(51)55-30)59-46(60-38,61-44)62-45/h11-12,24-38,48-49H,13-23,47H2,1-10H3/q-1/t25-,26-,27-,28-,29-,30+,31+,32+,33-,34+,35+,36?,37?,38+,44+,45+,46?/m1/s1. The topological polar surface area (TPSA) is 210 Å². The molecule has 0 aromatic rings. The Morgan fingerprint density at radius 3 is 1.90 bits per heavy atom. The van der Waals surface area contributed by atoms with E-state index >= 15 is 4.79 Å². The Kier molecular flexibility index (Phi) is 13.8. The van der Waals surface area contributed by atoms with Crippen molar-refractivity contribution in [2.75, 3.05) is 0 Å². The Hall–Kier alpha value is -2.19. The van der Waals surface area contributed by atoms with Gasteiger partial charge in [-0.1, -0.05) is 67.5 Å². The zero-order chi connectivity index (χ0) is 45.2. The second-order valence-corrected chi connectivity index (χ2v) is 20.9. The van der Waals surface area contributed by atoms with Crippen LogP contribution in [0.5, 0.6) is 0 Å². The van der Waals surface area contributed by atoms with Crippen LogP contribution in [0.3, 0.4) is 0 Å². The third kappa shape index (κ3) is 8.78. The molecule has 352 valence electrons. The van der Waals surface area contributed by atoms with Crippen molar-refractivity contribution >= 4 is 24.9 Å². The molecule has 3 spiro atoms. The van der Waals surface area contributed by atoms with Gasteiger partial charge >= 0.3 is 24.9 Å². The quantitative estimate of drug-likeness (QED) is 0.149. The fraction of sp³-hybridized carbons (Fsp3) is 0.889. The largest absolute Gasteiger partial charge is 0.536 e. The van der Waals surface area contributed by atoms with Crippen LogP contribution >= 0.6 is 0 Å². The fourth-order valence-corrected chi connectivity index (χ4v) is 10.6. The number of fused-ring (bicyclic) bond motifs is 6. The molecule has 17 atom stereocenters. The molecule has 0 aromatic heterocycles. The third-order valence-electron chi connectivity index (χ3n) is 15.5. The summed E-state index contributed by atoms with van der Waals surface area (Å²) in [7, 11) is 0. The van der Waals surface area contributed by atoms with Crippen LogP contribution in [0, 0.1) is 28.6 Å². The van der Waals surface area contributed by atoms with E-state index in [-0.39, 0.29) is 18.4 Å². The molecule has 7 aliphatic heterocycles. The summed E-state index contributed by atoms with van der Waals surface area (Å²) in [6.45, 7) is 15.1. The van der Waals surface area contributed by atoms with Crippen LogP contribution < -0.4 is 5.73 Å². The van der Waals surface area contributed by atoms with E-state index in [1.54, 1.807) is 6.92 Å². The molecule has 7 aliphatic rings. The van der Waals surface area contributed by atoms with Crippen molar-refractivity contribution in [3.05, 3.63) is 12.2 Å². The van der Waals surface area contributed by atoms with Gasteiger partial charge in [0, 0.05) is 35.5 Å². The number of aliphatic hydroxyl groups is 2. The van der Waals surface area contributed by atoms with Crippen molar-refractivity contribution in [1.82, 2.24) is 0 Å². The van der Waals surface area contributed by atoms with E-state index < -0.39 is 126 Å². The SMILES string of the molecule is CC(C)C(N)C(=O)O[C@H](C)[C@@H]1CC=CCC[C@H](O)C(C)(C)[C@@H]2CC[C@@H](C)[C@]3(O2)O[B-]24OC(C(=O)O1)[C@@]1(O[C@@H](CC[C@H]1C)C(C)(C)[C@H](O)CCC[C@@H]1C[C@H](OC(=O)[C@@H]3O2)[C@@H](C)O1)O4. The summed E-state index contributed by atoms with van der Waals surface area (Å²) >= 11 is 0. The fourth-order valence-electron chi connectivity index (χ4n) is 10.6. The van der Waals surface area contributed by atoms with Gasteiger partial charge in [-0.3, -0.25) is 4.79 Å². The highest BCUT2D eigenvalue weighted by Gasteiger charge is 2.73. The summed E-state index contributed by atoms with van der Waals surface area (Å²) in [4.78, 5) is 42.9. The number of hydrogen-bond donors (Lipinski definition) is 3. The van der Waals surface area contributed by atoms with Crippen LogP contribution in [-0.4, -0.2) is 120 Å². The molecule has 0 saturated carbocycles. The predicted octanol–water partition coefficient (Wildman–Crippen LogP) is 4.89. The lowest BCUT2D eigenvalue weighted by Gasteiger charge is -2.52. The van der Waals surface area contributed by atoms with Crippen LogP contribution in [0.2, 0.25) is 0 Å². The first kappa shape index (κ1) is 47.8. The second-order valence-electron chi connectivity index (χ2n) is 20.9. The lowest BCUT2D eigenvalue weighted by atomic mass is 9.73. The summed E-state index contributed by atoms with van der Waals surface area (Å²) in [5, 5.41) is 23.6. The minimum absolute atomic E-state index is 0.142. The average Bonchev–Trinajstić information content (AvgIpc) is 3.84. The number of carbonyl (C=O) groups excluding carboxylic acids is 3. The number of esters is 3. The van der Waals surface area contributed by atoms with Gasteiger partial charge in [-0.2, -0.15) is 0 Å². The molecule has 0 aromatic carbocycles. The van der Waals surface area contributed by atoms with Crippen LogP contribution in [0.25, 0.3) is 0 Å².